The first kappa shape index (κ1) is 15.0. The minimum absolute atomic E-state index is 0.349. The van der Waals surface area contributed by atoms with Crippen molar-refractivity contribution in [3.63, 3.8) is 0 Å². The molecule has 0 fully saturated rings. The fraction of sp³-hybridized carbons (Fsp3) is 0.222. The number of rotatable bonds is 3. The minimum atomic E-state index is 0.349. The van der Waals surface area contributed by atoms with Gasteiger partial charge >= 0.3 is 0 Å². The van der Waals surface area contributed by atoms with Gasteiger partial charge in [-0.25, -0.2) is 0 Å². The number of hydrogen-bond donors (Lipinski definition) is 1. The molecule has 0 aliphatic heterocycles. The molecule has 0 radical (unpaired) electrons. The monoisotopic (exact) mass is 341 g/mol. The van der Waals surface area contributed by atoms with Gasteiger partial charge in [0.1, 0.15) is 11.5 Å². The normalized spacial score (nSPS) is 11.5. The number of methoxy groups -OCH3 is 1. The summed E-state index contributed by atoms with van der Waals surface area (Å²) in [5, 5.41) is 6.13. The molecule has 0 bridgehead atoms. The van der Waals surface area contributed by atoms with E-state index in [2.05, 4.69) is 15.1 Å². The van der Waals surface area contributed by atoms with Gasteiger partial charge in [-0.15, -0.1) is 11.6 Å². The molecular weight excluding hydrogens is 326 g/mol. The maximum absolute atomic E-state index is 6.09. The van der Waals surface area contributed by atoms with Gasteiger partial charge in [0.2, 0.25) is 0 Å². The van der Waals surface area contributed by atoms with Crippen molar-refractivity contribution in [3.05, 3.63) is 41.5 Å². The molecule has 3 aromatic heterocycles. The maximum atomic E-state index is 6.09. The molecule has 5 nitrogen and oxygen atoms in total. The van der Waals surface area contributed by atoms with Gasteiger partial charge in [-0.05, 0) is 32.0 Å². The largest absolute Gasteiger partial charge is 0.497 e. The van der Waals surface area contributed by atoms with E-state index in [1.165, 1.54) is 0 Å². The van der Waals surface area contributed by atoms with Gasteiger partial charge in [0.25, 0.3) is 0 Å². The van der Waals surface area contributed by atoms with Crippen LogP contribution in [-0.4, -0.2) is 22.2 Å². The third kappa shape index (κ3) is 2.08. The molecule has 0 atom stereocenters. The summed E-state index contributed by atoms with van der Waals surface area (Å²) in [5.41, 5.74) is 5.66. The number of aromatic nitrogens is 3. The lowest BCUT2D eigenvalue weighted by Crippen LogP contribution is -1.89. The molecule has 4 rings (SSSR count). The van der Waals surface area contributed by atoms with E-state index >= 15 is 0 Å². The number of aromatic amines is 1. The molecular formula is C18H16ClN3O2. The first-order valence-electron chi connectivity index (χ1n) is 7.60. The van der Waals surface area contributed by atoms with Gasteiger partial charge in [0, 0.05) is 33.6 Å². The van der Waals surface area contributed by atoms with Crippen LogP contribution in [0.25, 0.3) is 32.9 Å². The Balaban J connectivity index is 2.18. The second-order valence-corrected chi connectivity index (χ2v) is 6.00. The third-order valence-corrected chi connectivity index (χ3v) is 4.59. The summed E-state index contributed by atoms with van der Waals surface area (Å²) in [6, 6.07) is 5.96. The number of fused-ring (bicyclic) bond motifs is 3. The van der Waals surface area contributed by atoms with E-state index < -0.39 is 0 Å². The van der Waals surface area contributed by atoms with E-state index in [0.717, 1.165) is 55.8 Å². The lowest BCUT2D eigenvalue weighted by molar-refractivity contribution is 0.393. The Morgan fingerprint density at radius 1 is 1.29 bits per heavy atom. The smallest absolute Gasteiger partial charge is 0.141 e. The first-order valence-corrected chi connectivity index (χ1v) is 8.14. The lowest BCUT2D eigenvalue weighted by Gasteiger charge is -2.07. The molecule has 0 saturated carbocycles. The van der Waals surface area contributed by atoms with E-state index in [1.807, 2.05) is 32.0 Å². The molecule has 24 heavy (non-hydrogen) atoms. The SMILES string of the molecule is COc1cc(-c2c(C)noc2C)c2[nH]c3ccnc(CCl)c3c2c1. The van der Waals surface area contributed by atoms with Crippen LogP contribution in [-0.2, 0) is 5.88 Å². The summed E-state index contributed by atoms with van der Waals surface area (Å²) in [5.74, 6) is 1.89. The Labute approximate surface area is 143 Å². The number of pyridine rings is 1. The Morgan fingerprint density at radius 2 is 2.12 bits per heavy atom. The number of hydrogen-bond acceptors (Lipinski definition) is 4. The van der Waals surface area contributed by atoms with Gasteiger partial charge < -0.3 is 14.2 Å². The number of aryl methyl sites for hydroxylation is 2. The highest BCUT2D eigenvalue weighted by molar-refractivity contribution is 6.20. The van der Waals surface area contributed by atoms with Crippen molar-refractivity contribution >= 4 is 33.4 Å². The molecule has 0 amide bonds. The Morgan fingerprint density at radius 3 is 2.79 bits per heavy atom. The third-order valence-electron chi connectivity index (χ3n) is 4.34. The first-order chi connectivity index (χ1) is 11.6. The Hall–Kier alpha value is -2.53. The van der Waals surface area contributed by atoms with Gasteiger partial charge in [-0.3, -0.25) is 4.98 Å². The van der Waals surface area contributed by atoms with Gasteiger partial charge in [-0.1, -0.05) is 5.16 Å². The van der Waals surface area contributed by atoms with Crippen molar-refractivity contribution in [2.45, 2.75) is 19.7 Å². The molecule has 1 aromatic carbocycles. The standard InChI is InChI=1S/C18H16ClN3O2/c1-9-16(10(2)24-22-9)12-6-11(23-3)7-13-17-14(21-18(12)13)4-5-20-15(17)8-19/h4-7,21H,8H2,1-3H3. The topological polar surface area (TPSA) is 63.9 Å². The van der Waals surface area contributed by atoms with Crippen LogP contribution in [0.5, 0.6) is 5.75 Å². The van der Waals surface area contributed by atoms with Crippen LogP contribution in [0.15, 0.2) is 28.9 Å². The molecule has 3 heterocycles. The van der Waals surface area contributed by atoms with Crippen LogP contribution in [0, 0.1) is 13.8 Å². The average Bonchev–Trinajstić information content (AvgIpc) is 3.14. The van der Waals surface area contributed by atoms with Crippen molar-refractivity contribution < 1.29 is 9.26 Å². The summed E-state index contributed by atoms with van der Waals surface area (Å²) in [6.45, 7) is 3.85. The van der Waals surface area contributed by atoms with Crippen molar-refractivity contribution in [2.75, 3.05) is 7.11 Å². The number of nitrogens with zero attached hydrogens (tertiary/aromatic N) is 2. The fourth-order valence-electron chi connectivity index (χ4n) is 3.28. The highest BCUT2D eigenvalue weighted by Gasteiger charge is 2.19. The maximum Gasteiger partial charge on any atom is 0.141 e. The lowest BCUT2D eigenvalue weighted by atomic mass is 10.00. The van der Waals surface area contributed by atoms with Crippen molar-refractivity contribution in [1.29, 1.82) is 0 Å². The van der Waals surface area contributed by atoms with Crippen LogP contribution < -0.4 is 4.74 Å². The van der Waals surface area contributed by atoms with Crippen LogP contribution in [0.4, 0.5) is 0 Å². The predicted molar refractivity (Wildman–Crippen MR) is 94.7 cm³/mol. The number of nitrogens with one attached hydrogen (secondary N) is 1. The number of halogens is 1. The molecule has 122 valence electrons. The minimum Gasteiger partial charge on any atom is -0.497 e. The number of alkyl halides is 1. The van der Waals surface area contributed by atoms with Crippen LogP contribution >= 0.6 is 11.6 Å². The zero-order chi connectivity index (χ0) is 16.8. The van der Waals surface area contributed by atoms with E-state index in [1.54, 1.807) is 13.3 Å². The predicted octanol–water partition coefficient (Wildman–Crippen LogP) is 4.74. The molecule has 4 aromatic rings. The summed E-state index contributed by atoms with van der Waals surface area (Å²) in [7, 11) is 1.66. The molecule has 0 aliphatic rings. The zero-order valence-electron chi connectivity index (χ0n) is 13.6. The Bertz CT molecular complexity index is 1050. The molecule has 0 spiro atoms. The van der Waals surface area contributed by atoms with Crippen molar-refractivity contribution in [3.8, 4) is 16.9 Å². The summed E-state index contributed by atoms with van der Waals surface area (Å²) in [4.78, 5) is 7.90. The molecule has 0 aliphatic carbocycles. The molecule has 6 heteroatoms. The highest BCUT2D eigenvalue weighted by Crippen LogP contribution is 2.39. The Kier molecular flexibility index (Phi) is 3.46. The number of benzene rings is 1. The zero-order valence-corrected chi connectivity index (χ0v) is 14.4. The quantitative estimate of drug-likeness (QED) is 0.547. The summed E-state index contributed by atoms with van der Waals surface area (Å²) >= 11 is 6.09. The summed E-state index contributed by atoms with van der Waals surface area (Å²) in [6.07, 6.45) is 1.77. The fourth-order valence-corrected chi connectivity index (χ4v) is 3.48. The van der Waals surface area contributed by atoms with E-state index in [-0.39, 0.29) is 0 Å². The van der Waals surface area contributed by atoms with Crippen LogP contribution in [0.3, 0.4) is 0 Å². The van der Waals surface area contributed by atoms with E-state index in [9.17, 15) is 0 Å². The van der Waals surface area contributed by atoms with E-state index in [4.69, 9.17) is 20.9 Å². The molecule has 0 saturated heterocycles. The van der Waals surface area contributed by atoms with Crippen molar-refractivity contribution in [2.24, 2.45) is 0 Å². The summed E-state index contributed by atoms with van der Waals surface area (Å²) < 4.78 is 10.9. The second kappa shape index (κ2) is 5.53. The number of ether oxygens (including phenoxy) is 1. The number of H-pyrrole nitrogens is 1. The van der Waals surface area contributed by atoms with Crippen LogP contribution in [0.1, 0.15) is 17.1 Å². The highest BCUT2D eigenvalue weighted by atomic mass is 35.5. The van der Waals surface area contributed by atoms with E-state index in [0.29, 0.717) is 5.88 Å². The van der Waals surface area contributed by atoms with Gasteiger partial charge in [0.05, 0.1) is 29.9 Å². The van der Waals surface area contributed by atoms with Crippen molar-refractivity contribution in [1.82, 2.24) is 15.1 Å². The average molecular weight is 342 g/mol. The second-order valence-electron chi connectivity index (χ2n) is 5.74. The molecule has 0 unspecified atom stereocenters. The van der Waals surface area contributed by atoms with Crippen LogP contribution in [0.2, 0.25) is 0 Å². The van der Waals surface area contributed by atoms with Gasteiger partial charge in [0.15, 0.2) is 0 Å². The molecule has 1 N–H and O–H groups in total. The van der Waals surface area contributed by atoms with Gasteiger partial charge in [-0.2, -0.15) is 0 Å².